The maximum Gasteiger partial charge on any atom is 0.133 e. The van der Waals surface area contributed by atoms with Gasteiger partial charge >= 0.3 is 0 Å². The van der Waals surface area contributed by atoms with Crippen LogP contribution in [0, 0.1) is 0 Å². The molecule has 0 atom stereocenters. The zero-order valence-electron chi connectivity index (χ0n) is 9.03. The van der Waals surface area contributed by atoms with Crippen LogP contribution in [0.2, 0.25) is 15.2 Å². The molecule has 2 aromatic rings. The molecule has 0 aliphatic heterocycles. The summed E-state index contributed by atoms with van der Waals surface area (Å²) in [6.45, 7) is 2.10. The Balaban J connectivity index is 2.74. The number of halogens is 4. The first kappa shape index (κ1) is 13.4. The maximum atomic E-state index is 6.15. The van der Waals surface area contributed by atoms with Crippen LogP contribution >= 0.6 is 50.7 Å². The van der Waals surface area contributed by atoms with Gasteiger partial charge in [0.25, 0.3) is 0 Å². The van der Waals surface area contributed by atoms with Gasteiger partial charge < -0.3 is 0 Å². The van der Waals surface area contributed by atoms with Crippen LogP contribution in [0.5, 0.6) is 0 Å². The molecule has 0 spiro atoms. The highest BCUT2D eigenvalue weighted by Crippen LogP contribution is 2.37. The van der Waals surface area contributed by atoms with Crippen molar-refractivity contribution in [2.75, 3.05) is 0 Å². The first-order chi connectivity index (χ1) is 8.04. The van der Waals surface area contributed by atoms with Crippen molar-refractivity contribution in [3.05, 3.63) is 37.4 Å². The van der Waals surface area contributed by atoms with Crippen LogP contribution in [0.1, 0.15) is 18.9 Å². The van der Waals surface area contributed by atoms with E-state index in [1.807, 2.05) is 12.1 Å². The number of aryl methyl sites for hydroxylation is 1. The molecule has 0 saturated heterocycles. The summed E-state index contributed by atoms with van der Waals surface area (Å²) in [5.74, 6) is 0. The molecular formula is C12H9BrCl3N. The molecule has 0 unspecified atom stereocenters. The summed E-state index contributed by atoms with van der Waals surface area (Å²) in [6, 6.07) is 3.92. The van der Waals surface area contributed by atoms with Gasteiger partial charge in [0.1, 0.15) is 5.15 Å². The largest absolute Gasteiger partial charge is 0.234 e. The molecule has 1 heterocycles. The van der Waals surface area contributed by atoms with E-state index >= 15 is 0 Å². The Morgan fingerprint density at radius 2 is 1.88 bits per heavy atom. The van der Waals surface area contributed by atoms with Crippen molar-refractivity contribution in [2.24, 2.45) is 0 Å². The topological polar surface area (TPSA) is 12.9 Å². The SMILES string of the molecule is CCCc1cc2cc(Br)c(Cl)c(Cl)c2nc1Cl. The molecule has 1 nitrogen and oxygen atoms in total. The number of rotatable bonds is 2. The Labute approximate surface area is 123 Å². The first-order valence-electron chi connectivity index (χ1n) is 5.17. The normalized spacial score (nSPS) is 11.1. The van der Waals surface area contributed by atoms with E-state index in [2.05, 4.69) is 27.8 Å². The van der Waals surface area contributed by atoms with Crippen LogP contribution < -0.4 is 0 Å². The second-order valence-corrected chi connectivity index (χ2v) is 5.71. The van der Waals surface area contributed by atoms with Gasteiger partial charge in [-0.05, 0) is 40.0 Å². The van der Waals surface area contributed by atoms with Crippen LogP contribution in [0.4, 0.5) is 0 Å². The zero-order chi connectivity index (χ0) is 12.6. The van der Waals surface area contributed by atoms with Gasteiger partial charge in [0.05, 0.1) is 15.6 Å². The molecule has 0 aliphatic carbocycles. The average Bonchev–Trinajstić information content (AvgIpc) is 2.29. The third kappa shape index (κ3) is 2.55. The Bertz CT molecular complexity index is 584. The van der Waals surface area contributed by atoms with Crippen LogP contribution in [-0.2, 0) is 6.42 Å². The van der Waals surface area contributed by atoms with Gasteiger partial charge in [-0.1, -0.05) is 48.1 Å². The van der Waals surface area contributed by atoms with E-state index in [-0.39, 0.29) is 0 Å². The Hall–Kier alpha value is -0.0200. The fourth-order valence-corrected chi connectivity index (χ4v) is 2.88. The lowest BCUT2D eigenvalue weighted by Gasteiger charge is -2.08. The quantitative estimate of drug-likeness (QED) is 0.483. The summed E-state index contributed by atoms with van der Waals surface area (Å²) in [7, 11) is 0. The van der Waals surface area contributed by atoms with Crippen molar-refractivity contribution in [1.82, 2.24) is 4.98 Å². The van der Waals surface area contributed by atoms with E-state index in [0.29, 0.717) is 20.7 Å². The second-order valence-electron chi connectivity index (χ2n) is 3.75. The van der Waals surface area contributed by atoms with Crippen LogP contribution in [-0.4, -0.2) is 4.98 Å². The third-order valence-corrected chi connectivity index (χ3v) is 4.53. The number of aromatic nitrogens is 1. The molecule has 2 rings (SSSR count). The van der Waals surface area contributed by atoms with Crippen molar-refractivity contribution < 1.29 is 0 Å². The molecule has 0 saturated carbocycles. The van der Waals surface area contributed by atoms with Gasteiger partial charge in [-0.3, -0.25) is 0 Å². The molecule has 0 bridgehead atoms. The number of pyridine rings is 1. The molecule has 0 N–H and O–H groups in total. The van der Waals surface area contributed by atoms with Crippen LogP contribution in [0.3, 0.4) is 0 Å². The predicted molar refractivity (Wildman–Crippen MR) is 78.5 cm³/mol. The van der Waals surface area contributed by atoms with Gasteiger partial charge in [-0.25, -0.2) is 4.98 Å². The number of nitrogens with zero attached hydrogens (tertiary/aromatic N) is 1. The number of hydrogen-bond donors (Lipinski definition) is 0. The van der Waals surface area contributed by atoms with E-state index < -0.39 is 0 Å². The molecule has 0 aliphatic rings. The van der Waals surface area contributed by atoms with Gasteiger partial charge in [-0.2, -0.15) is 0 Å². The fourth-order valence-electron chi connectivity index (χ4n) is 1.69. The Morgan fingerprint density at radius 3 is 2.53 bits per heavy atom. The fraction of sp³-hybridized carbons (Fsp3) is 0.250. The van der Waals surface area contributed by atoms with Gasteiger partial charge in [-0.15, -0.1) is 0 Å². The summed E-state index contributed by atoms with van der Waals surface area (Å²) < 4.78 is 0.767. The minimum absolute atomic E-state index is 0.431. The van der Waals surface area contributed by atoms with E-state index in [1.165, 1.54) is 0 Å². The third-order valence-electron chi connectivity index (χ3n) is 2.49. The summed E-state index contributed by atoms with van der Waals surface area (Å²) in [5.41, 5.74) is 1.68. The highest BCUT2D eigenvalue weighted by atomic mass is 79.9. The first-order valence-corrected chi connectivity index (χ1v) is 7.10. The van der Waals surface area contributed by atoms with Crippen LogP contribution in [0.15, 0.2) is 16.6 Å². The van der Waals surface area contributed by atoms with E-state index in [0.717, 1.165) is 28.3 Å². The van der Waals surface area contributed by atoms with Crippen LogP contribution in [0.25, 0.3) is 10.9 Å². The number of hydrogen-bond acceptors (Lipinski definition) is 1. The highest BCUT2D eigenvalue weighted by molar-refractivity contribution is 9.10. The lowest BCUT2D eigenvalue weighted by molar-refractivity contribution is 0.918. The van der Waals surface area contributed by atoms with E-state index in [9.17, 15) is 0 Å². The van der Waals surface area contributed by atoms with Gasteiger partial charge in [0.2, 0.25) is 0 Å². The molecule has 1 aromatic carbocycles. The smallest absolute Gasteiger partial charge is 0.133 e. The Morgan fingerprint density at radius 1 is 1.18 bits per heavy atom. The lowest BCUT2D eigenvalue weighted by Crippen LogP contribution is -1.91. The summed E-state index contributed by atoms with van der Waals surface area (Å²) in [6.07, 6.45) is 1.93. The molecule has 0 radical (unpaired) electrons. The Kier molecular flexibility index (Phi) is 4.19. The number of benzene rings is 1. The minimum Gasteiger partial charge on any atom is -0.234 e. The predicted octanol–water partition coefficient (Wildman–Crippen LogP) is 5.91. The van der Waals surface area contributed by atoms with Crippen molar-refractivity contribution >= 4 is 61.6 Å². The van der Waals surface area contributed by atoms with Crippen molar-refractivity contribution in [3.63, 3.8) is 0 Å². The summed E-state index contributed by atoms with van der Waals surface area (Å²) in [5, 5.41) is 2.34. The second kappa shape index (κ2) is 5.31. The van der Waals surface area contributed by atoms with Gasteiger partial charge in [0.15, 0.2) is 0 Å². The minimum atomic E-state index is 0.431. The standard InChI is InChI=1S/C12H9BrCl3N/c1-2-3-6-4-7-5-8(13)9(14)10(15)11(7)17-12(6)16/h4-5H,2-3H2,1H3. The van der Waals surface area contributed by atoms with Crippen molar-refractivity contribution in [2.45, 2.75) is 19.8 Å². The molecule has 90 valence electrons. The molecule has 1 aromatic heterocycles. The lowest BCUT2D eigenvalue weighted by atomic mass is 10.1. The van der Waals surface area contributed by atoms with Crippen molar-refractivity contribution in [3.8, 4) is 0 Å². The van der Waals surface area contributed by atoms with Crippen molar-refractivity contribution in [1.29, 1.82) is 0 Å². The molecule has 0 amide bonds. The molecule has 5 heteroatoms. The highest BCUT2D eigenvalue weighted by Gasteiger charge is 2.12. The molecular weight excluding hydrogens is 344 g/mol. The van der Waals surface area contributed by atoms with E-state index in [1.54, 1.807) is 0 Å². The monoisotopic (exact) mass is 351 g/mol. The number of fused-ring (bicyclic) bond motifs is 1. The average molecular weight is 353 g/mol. The zero-order valence-corrected chi connectivity index (χ0v) is 12.9. The molecule has 17 heavy (non-hydrogen) atoms. The summed E-state index contributed by atoms with van der Waals surface area (Å²) >= 11 is 21.7. The maximum absolute atomic E-state index is 6.15. The van der Waals surface area contributed by atoms with Gasteiger partial charge in [0, 0.05) is 9.86 Å². The summed E-state index contributed by atoms with van der Waals surface area (Å²) in [4.78, 5) is 4.32. The van der Waals surface area contributed by atoms with E-state index in [4.69, 9.17) is 34.8 Å². The molecule has 0 fully saturated rings.